The van der Waals surface area contributed by atoms with Gasteiger partial charge in [-0.3, -0.25) is 4.72 Å². The monoisotopic (exact) mass is 304 g/mol. The van der Waals surface area contributed by atoms with Crippen LogP contribution in [-0.2, 0) is 16.6 Å². The third-order valence-electron chi connectivity index (χ3n) is 2.15. The standard InChI is InChI=1S/C10H9ClN2O3S2/c11-10-12-5-9(17-10)18(15,16)13-8-4-2-1-3-7(8)6-14/h1-5,13-14H,6H2. The Morgan fingerprint density at radius 2 is 2.11 bits per heavy atom. The Morgan fingerprint density at radius 3 is 2.72 bits per heavy atom. The summed E-state index contributed by atoms with van der Waals surface area (Å²) >= 11 is 6.47. The molecule has 0 aliphatic heterocycles. The normalized spacial score (nSPS) is 11.4. The number of thiazole rings is 1. The van der Waals surface area contributed by atoms with Crippen LogP contribution in [0.3, 0.4) is 0 Å². The Hall–Kier alpha value is -1.15. The van der Waals surface area contributed by atoms with E-state index in [1.807, 2.05) is 0 Å². The van der Waals surface area contributed by atoms with Crippen LogP contribution in [0.25, 0.3) is 0 Å². The van der Waals surface area contributed by atoms with Gasteiger partial charge in [-0.2, -0.15) is 0 Å². The smallest absolute Gasteiger partial charge is 0.273 e. The molecule has 0 aliphatic rings. The molecule has 96 valence electrons. The van der Waals surface area contributed by atoms with Gasteiger partial charge in [-0.1, -0.05) is 41.1 Å². The summed E-state index contributed by atoms with van der Waals surface area (Å²) in [6.07, 6.45) is 1.19. The maximum Gasteiger partial charge on any atom is 0.273 e. The number of sulfonamides is 1. The predicted molar refractivity (Wildman–Crippen MR) is 70.3 cm³/mol. The summed E-state index contributed by atoms with van der Waals surface area (Å²) in [6, 6.07) is 6.60. The molecule has 1 aromatic carbocycles. The molecule has 1 aromatic heterocycles. The highest BCUT2D eigenvalue weighted by atomic mass is 35.5. The van der Waals surface area contributed by atoms with Crippen molar-refractivity contribution in [3.8, 4) is 0 Å². The van der Waals surface area contributed by atoms with Gasteiger partial charge in [0.15, 0.2) is 8.68 Å². The van der Waals surface area contributed by atoms with Gasteiger partial charge in [0, 0.05) is 5.56 Å². The third kappa shape index (κ3) is 2.81. The molecule has 18 heavy (non-hydrogen) atoms. The molecule has 0 fully saturated rings. The number of aromatic nitrogens is 1. The lowest BCUT2D eigenvalue weighted by atomic mass is 10.2. The first-order valence-electron chi connectivity index (χ1n) is 4.86. The van der Waals surface area contributed by atoms with Crippen LogP contribution in [0.5, 0.6) is 0 Å². The zero-order chi connectivity index (χ0) is 13.2. The van der Waals surface area contributed by atoms with Crippen molar-refractivity contribution < 1.29 is 13.5 Å². The maximum atomic E-state index is 12.0. The van der Waals surface area contributed by atoms with E-state index in [1.165, 1.54) is 6.20 Å². The van der Waals surface area contributed by atoms with Crippen LogP contribution in [0.2, 0.25) is 4.47 Å². The van der Waals surface area contributed by atoms with Crippen molar-refractivity contribution >= 4 is 38.6 Å². The van der Waals surface area contributed by atoms with Gasteiger partial charge in [0.05, 0.1) is 18.5 Å². The lowest BCUT2D eigenvalue weighted by Crippen LogP contribution is -2.12. The number of nitrogens with zero attached hydrogens (tertiary/aromatic N) is 1. The summed E-state index contributed by atoms with van der Waals surface area (Å²) in [7, 11) is -3.71. The fraction of sp³-hybridized carbons (Fsp3) is 0.100. The molecule has 0 bridgehead atoms. The minimum atomic E-state index is -3.71. The molecule has 0 spiro atoms. The topological polar surface area (TPSA) is 79.3 Å². The maximum absolute atomic E-state index is 12.0. The highest BCUT2D eigenvalue weighted by Gasteiger charge is 2.18. The van der Waals surface area contributed by atoms with Crippen LogP contribution >= 0.6 is 22.9 Å². The molecule has 2 rings (SSSR count). The minimum absolute atomic E-state index is 0.0280. The first kappa shape index (κ1) is 13.3. The van der Waals surface area contributed by atoms with Gasteiger partial charge in [0.2, 0.25) is 0 Å². The molecular weight excluding hydrogens is 296 g/mol. The van der Waals surface area contributed by atoms with E-state index in [0.717, 1.165) is 11.3 Å². The summed E-state index contributed by atoms with van der Waals surface area (Å²) in [5.41, 5.74) is 0.834. The minimum Gasteiger partial charge on any atom is -0.392 e. The largest absolute Gasteiger partial charge is 0.392 e. The van der Waals surface area contributed by atoms with E-state index in [9.17, 15) is 8.42 Å². The number of aliphatic hydroxyl groups is 1. The number of halogens is 1. The van der Waals surface area contributed by atoms with Crippen molar-refractivity contribution in [1.29, 1.82) is 0 Å². The molecule has 5 nitrogen and oxygen atoms in total. The molecule has 2 N–H and O–H groups in total. The zero-order valence-corrected chi connectivity index (χ0v) is 11.4. The van der Waals surface area contributed by atoms with Crippen LogP contribution < -0.4 is 4.72 Å². The van der Waals surface area contributed by atoms with Crippen LogP contribution in [0.15, 0.2) is 34.7 Å². The summed E-state index contributed by atoms with van der Waals surface area (Å²) in [5.74, 6) is 0. The van der Waals surface area contributed by atoms with Crippen molar-refractivity contribution in [3.63, 3.8) is 0 Å². The molecule has 0 saturated heterocycles. The van der Waals surface area contributed by atoms with Gasteiger partial charge in [0.1, 0.15) is 0 Å². The molecule has 0 atom stereocenters. The van der Waals surface area contributed by atoms with Gasteiger partial charge in [-0.25, -0.2) is 13.4 Å². The first-order valence-corrected chi connectivity index (χ1v) is 7.53. The highest BCUT2D eigenvalue weighted by molar-refractivity contribution is 7.94. The first-order chi connectivity index (χ1) is 8.53. The van der Waals surface area contributed by atoms with Crippen LogP contribution in [0.4, 0.5) is 5.69 Å². The van der Waals surface area contributed by atoms with Crippen molar-refractivity contribution in [2.45, 2.75) is 10.8 Å². The van der Waals surface area contributed by atoms with E-state index in [0.29, 0.717) is 11.3 Å². The molecule has 2 aromatic rings. The number of aliphatic hydroxyl groups excluding tert-OH is 1. The highest BCUT2D eigenvalue weighted by Crippen LogP contribution is 2.25. The Kier molecular flexibility index (Phi) is 3.86. The summed E-state index contributed by atoms with van der Waals surface area (Å²) in [5, 5.41) is 9.12. The molecule has 1 heterocycles. The average Bonchev–Trinajstić information content (AvgIpc) is 2.77. The average molecular weight is 305 g/mol. The molecular formula is C10H9ClN2O3S2. The number of hydrogen-bond acceptors (Lipinski definition) is 5. The Labute approximate surface area is 113 Å². The van der Waals surface area contributed by atoms with E-state index in [1.54, 1.807) is 24.3 Å². The number of rotatable bonds is 4. The van der Waals surface area contributed by atoms with E-state index in [4.69, 9.17) is 16.7 Å². The predicted octanol–water partition coefficient (Wildman–Crippen LogP) is 2.09. The van der Waals surface area contributed by atoms with Crippen LogP contribution in [-0.4, -0.2) is 18.5 Å². The zero-order valence-electron chi connectivity index (χ0n) is 9.00. The quantitative estimate of drug-likeness (QED) is 0.906. The van der Waals surface area contributed by atoms with Crippen LogP contribution in [0, 0.1) is 0 Å². The molecule has 0 amide bonds. The Bertz CT molecular complexity index is 655. The molecule has 0 unspecified atom stereocenters. The number of anilines is 1. The van der Waals surface area contributed by atoms with Gasteiger partial charge in [-0.05, 0) is 6.07 Å². The Morgan fingerprint density at radius 1 is 1.39 bits per heavy atom. The summed E-state index contributed by atoms with van der Waals surface area (Å²) in [6.45, 7) is -0.248. The van der Waals surface area contributed by atoms with Gasteiger partial charge in [-0.15, -0.1) is 0 Å². The van der Waals surface area contributed by atoms with Gasteiger partial charge >= 0.3 is 0 Å². The number of nitrogens with one attached hydrogen (secondary N) is 1. The van der Waals surface area contributed by atoms with Crippen LogP contribution in [0.1, 0.15) is 5.56 Å². The molecule has 8 heteroatoms. The van der Waals surface area contributed by atoms with Gasteiger partial charge in [0.25, 0.3) is 10.0 Å². The summed E-state index contributed by atoms with van der Waals surface area (Å²) in [4.78, 5) is 3.68. The molecule has 0 saturated carbocycles. The summed E-state index contributed by atoms with van der Waals surface area (Å²) < 4.78 is 26.6. The fourth-order valence-electron chi connectivity index (χ4n) is 1.32. The van der Waals surface area contributed by atoms with Crippen molar-refractivity contribution in [3.05, 3.63) is 40.5 Å². The number of para-hydroxylation sites is 1. The second-order valence-corrected chi connectivity index (χ2v) is 6.88. The number of benzene rings is 1. The van der Waals surface area contributed by atoms with Crippen molar-refractivity contribution in [1.82, 2.24) is 4.98 Å². The van der Waals surface area contributed by atoms with Gasteiger partial charge < -0.3 is 5.11 Å². The second kappa shape index (κ2) is 5.23. The van der Waals surface area contributed by atoms with Crippen molar-refractivity contribution in [2.75, 3.05) is 4.72 Å². The lowest BCUT2D eigenvalue weighted by molar-refractivity contribution is 0.282. The molecule has 0 radical (unpaired) electrons. The SMILES string of the molecule is O=S(=O)(Nc1ccccc1CO)c1cnc(Cl)s1. The second-order valence-electron chi connectivity index (χ2n) is 3.35. The van der Waals surface area contributed by atoms with E-state index in [-0.39, 0.29) is 15.3 Å². The fourth-order valence-corrected chi connectivity index (χ4v) is 3.71. The lowest BCUT2D eigenvalue weighted by Gasteiger charge is -2.09. The van der Waals surface area contributed by atoms with E-state index in [2.05, 4.69) is 9.71 Å². The third-order valence-corrected chi connectivity index (χ3v) is 5.09. The number of hydrogen-bond donors (Lipinski definition) is 2. The van der Waals surface area contributed by atoms with E-state index < -0.39 is 10.0 Å². The van der Waals surface area contributed by atoms with Crippen molar-refractivity contribution in [2.24, 2.45) is 0 Å². The molecule has 0 aliphatic carbocycles. The Balaban J connectivity index is 2.33. The van der Waals surface area contributed by atoms with E-state index >= 15 is 0 Å².